The first kappa shape index (κ1) is 21.0. The Morgan fingerprint density at radius 1 is 0.867 bits per heavy atom. The van der Waals surface area contributed by atoms with Gasteiger partial charge >= 0.3 is 187 Å². The van der Waals surface area contributed by atoms with Gasteiger partial charge in [0.2, 0.25) is 0 Å². The van der Waals surface area contributed by atoms with Crippen LogP contribution in [0.1, 0.15) is 48.3 Å². The predicted molar refractivity (Wildman–Crippen MR) is 125 cm³/mol. The summed E-state index contributed by atoms with van der Waals surface area (Å²) in [4.78, 5) is 0. The molecule has 1 aliphatic heterocycles. The summed E-state index contributed by atoms with van der Waals surface area (Å²) in [6, 6.07) is 28.5. The van der Waals surface area contributed by atoms with Crippen molar-refractivity contribution in [3.05, 3.63) is 95.6 Å². The molecule has 0 aromatic heterocycles. The molecule has 3 aromatic rings. The number of hydrogen-bond acceptors (Lipinski definition) is 2. The summed E-state index contributed by atoms with van der Waals surface area (Å²) in [6.45, 7) is 0. The van der Waals surface area contributed by atoms with Crippen LogP contribution in [0.25, 0.3) is 0 Å². The fourth-order valence-electron chi connectivity index (χ4n) is 4.63. The van der Waals surface area contributed by atoms with Gasteiger partial charge in [-0.15, -0.1) is 0 Å². The molecule has 3 aromatic carbocycles. The van der Waals surface area contributed by atoms with Crippen molar-refractivity contribution in [2.75, 3.05) is 14.2 Å². The third-order valence-electron chi connectivity index (χ3n) is 6.21. The first-order valence-electron chi connectivity index (χ1n) is 10.7. The van der Waals surface area contributed by atoms with Gasteiger partial charge in [0.1, 0.15) is 0 Å². The summed E-state index contributed by atoms with van der Waals surface area (Å²) in [5.41, 5.74) is 4.12. The van der Waals surface area contributed by atoms with Crippen molar-refractivity contribution in [1.29, 1.82) is 0 Å². The van der Waals surface area contributed by atoms with Crippen molar-refractivity contribution in [2.45, 2.75) is 41.2 Å². The first-order valence-corrected chi connectivity index (χ1v) is 12.8. The molecular formula is C27H30O2Se. The van der Waals surface area contributed by atoms with E-state index in [1.165, 1.54) is 41.3 Å². The summed E-state index contributed by atoms with van der Waals surface area (Å²) in [6.07, 6.45) is 5.08. The Morgan fingerprint density at radius 2 is 1.60 bits per heavy atom. The van der Waals surface area contributed by atoms with Gasteiger partial charge in [0.15, 0.2) is 0 Å². The summed E-state index contributed by atoms with van der Waals surface area (Å²) < 4.78 is 11.6. The van der Waals surface area contributed by atoms with Crippen LogP contribution in [0.4, 0.5) is 0 Å². The van der Waals surface area contributed by atoms with Crippen molar-refractivity contribution in [3.63, 3.8) is 0 Å². The number of rotatable bonds is 7. The van der Waals surface area contributed by atoms with Gasteiger partial charge < -0.3 is 0 Å². The molecule has 156 valence electrons. The standard InChI is InChI=1S/C27H30O2Se/c1-28-23-15-16-24(26(19-23)29-2)25(21-11-5-3-6-12-21)20-27(17-9-10-18-30-27)22-13-7-4-8-14-22/h3-8,11-16,19,25H,9-10,17-18,20H2,1-2H3. The van der Waals surface area contributed by atoms with Gasteiger partial charge in [-0.3, -0.25) is 0 Å². The Kier molecular flexibility index (Phi) is 6.82. The fourth-order valence-corrected chi connectivity index (χ4v) is 8.02. The van der Waals surface area contributed by atoms with Gasteiger partial charge in [0, 0.05) is 0 Å². The summed E-state index contributed by atoms with van der Waals surface area (Å²) in [5.74, 6) is 2.03. The van der Waals surface area contributed by atoms with E-state index in [2.05, 4.69) is 72.8 Å². The van der Waals surface area contributed by atoms with E-state index in [0.29, 0.717) is 15.0 Å². The van der Waals surface area contributed by atoms with Crippen molar-refractivity contribution in [1.82, 2.24) is 0 Å². The quantitative estimate of drug-likeness (QED) is 0.375. The number of methoxy groups -OCH3 is 2. The molecule has 2 atom stereocenters. The minimum atomic E-state index is 0.262. The average Bonchev–Trinajstić information content (AvgIpc) is 2.84. The Balaban J connectivity index is 1.81. The summed E-state index contributed by atoms with van der Waals surface area (Å²) in [5, 5.41) is 1.36. The zero-order valence-electron chi connectivity index (χ0n) is 17.8. The van der Waals surface area contributed by atoms with Gasteiger partial charge in [0.05, 0.1) is 0 Å². The van der Waals surface area contributed by atoms with Crippen LogP contribution in [0.15, 0.2) is 78.9 Å². The zero-order valence-corrected chi connectivity index (χ0v) is 19.6. The van der Waals surface area contributed by atoms with Crippen molar-refractivity contribution >= 4 is 15.0 Å². The molecule has 3 heteroatoms. The van der Waals surface area contributed by atoms with Crippen LogP contribution in [0.5, 0.6) is 11.5 Å². The SMILES string of the molecule is COc1ccc(C(CC2(c3ccccc3)CCCC[Se]2)c2ccccc2)c(OC)c1. The molecule has 1 fully saturated rings. The topological polar surface area (TPSA) is 18.5 Å². The van der Waals surface area contributed by atoms with E-state index in [0.717, 1.165) is 17.9 Å². The average molecular weight is 465 g/mol. The first-order chi connectivity index (χ1) is 14.8. The molecule has 0 radical (unpaired) electrons. The van der Waals surface area contributed by atoms with E-state index < -0.39 is 0 Å². The molecule has 0 spiro atoms. The van der Waals surface area contributed by atoms with Gasteiger partial charge in [-0.25, -0.2) is 0 Å². The van der Waals surface area contributed by atoms with E-state index in [1.807, 2.05) is 6.07 Å². The van der Waals surface area contributed by atoms with E-state index in [-0.39, 0.29) is 10.2 Å². The van der Waals surface area contributed by atoms with Crippen molar-refractivity contribution in [3.8, 4) is 11.5 Å². The molecular weight excluding hydrogens is 435 g/mol. The molecule has 0 aliphatic carbocycles. The molecule has 2 unspecified atom stereocenters. The van der Waals surface area contributed by atoms with Crippen LogP contribution < -0.4 is 9.47 Å². The molecule has 0 N–H and O–H groups in total. The van der Waals surface area contributed by atoms with Gasteiger partial charge in [-0.05, 0) is 0 Å². The number of benzene rings is 3. The number of ether oxygens (including phenoxy) is 2. The Bertz CT molecular complexity index is 934. The molecule has 1 saturated heterocycles. The monoisotopic (exact) mass is 466 g/mol. The second-order valence-electron chi connectivity index (χ2n) is 7.94. The molecule has 4 rings (SSSR count). The van der Waals surface area contributed by atoms with E-state index in [1.54, 1.807) is 14.2 Å². The van der Waals surface area contributed by atoms with E-state index in [4.69, 9.17) is 9.47 Å². The van der Waals surface area contributed by atoms with Gasteiger partial charge in [0.25, 0.3) is 0 Å². The maximum absolute atomic E-state index is 5.84. The Morgan fingerprint density at radius 3 is 2.23 bits per heavy atom. The minimum absolute atomic E-state index is 0.262. The van der Waals surface area contributed by atoms with Crippen LogP contribution in [0, 0.1) is 0 Å². The molecule has 0 saturated carbocycles. The molecule has 0 amide bonds. The van der Waals surface area contributed by atoms with Crippen LogP contribution >= 0.6 is 0 Å². The molecule has 1 heterocycles. The van der Waals surface area contributed by atoms with E-state index in [9.17, 15) is 0 Å². The summed E-state index contributed by atoms with van der Waals surface area (Å²) >= 11 is 0.583. The fraction of sp³-hybridized carbons (Fsp3) is 0.333. The zero-order chi connectivity index (χ0) is 20.8. The molecule has 0 bridgehead atoms. The van der Waals surface area contributed by atoms with Crippen LogP contribution in [0.2, 0.25) is 5.32 Å². The Labute approximate surface area is 186 Å². The van der Waals surface area contributed by atoms with Gasteiger partial charge in [-0.1, -0.05) is 0 Å². The number of hydrogen-bond donors (Lipinski definition) is 0. The molecule has 2 nitrogen and oxygen atoms in total. The van der Waals surface area contributed by atoms with Crippen LogP contribution in [-0.4, -0.2) is 29.2 Å². The van der Waals surface area contributed by atoms with Crippen LogP contribution in [0.3, 0.4) is 0 Å². The molecule has 1 aliphatic rings. The third kappa shape index (κ3) is 4.43. The molecule has 30 heavy (non-hydrogen) atoms. The predicted octanol–water partition coefficient (Wildman–Crippen LogP) is 6.43. The Hall–Kier alpha value is -2.22. The second-order valence-corrected chi connectivity index (χ2v) is 11.0. The maximum atomic E-state index is 5.84. The second kappa shape index (κ2) is 9.72. The van der Waals surface area contributed by atoms with Crippen molar-refractivity contribution in [2.24, 2.45) is 0 Å². The van der Waals surface area contributed by atoms with Crippen LogP contribution in [-0.2, 0) is 4.31 Å². The van der Waals surface area contributed by atoms with E-state index >= 15 is 0 Å². The van der Waals surface area contributed by atoms with Gasteiger partial charge in [-0.2, -0.15) is 0 Å². The third-order valence-corrected chi connectivity index (χ3v) is 9.67. The van der Waals surface area contributed by atoms with Crippen molar-refractivity contribution < 1.29 is 9.47 Å². The summed E-state index contributed by atoms with van der Waals surface area (Å²) in [7, 11) is 3.47. The normalized spacial score (nSPS) is 19.8.